The molecule has 0 aromatic rings. The van der Waals surface area contributed by atoms with Gasteiger partial charge in [-0.1, -0.05) is 6.42 Å². The van der Waals surface area contributed by atoms with Crippen LogP contribution < -0.4 is 0 Å². The monoisotopic (exact) mass is 224 g/mol. The van der Waals surface area contributed by atoms with Gasteiger partial charge in [0.05, 0.1) is 11.2 Å². The number of rotatable bonds is 3. The Morgan fingerprint density at radius 3 is 2.57 bits per heavy atom. The average molecular weight is 224 g/mol. The van der Waals surface area contributed by atoms with Crippen LogP contribution in [-0.2, 0) is 14.6 Å². The predicted octanol–water partition coefficient (Wildman–Crippen LogP) is 0.972. The molecule has 0 amide bonds. The zero-order chi connectivity index (χ0) is 10.8. The van der Waals surface area contributed by atoms with Crippen LogP contribution in [0.5, 0.6) is 0 Å². The van der Waals surface area contributed by atoms with Crippen molar-refractivity contribution in [2.45, 2.75) is 30.9 Å². The molecule has 0 aliphatic heterocycles. The first-order valence-corrected chi connectivity index (χ1v) is 6.19. The van der Waals surface area contributed by atoms with Gasteiger partial charge in [-0.15, -0.1) is 0 Å². The first-order valence-electron chi connectivity index (χ1n) is 4.47. The number of hydrogen-bond acceptors (Lipinski definition) is 3. The minimum absolute atomic E-state index is 0.0571. The van der Waals surface area contributed by atoms with Crippen molar-refractivity contribution in [1.82, 2.24) is 0 Å². The zero-order valence-corrected chi connectivity index (χ0v) is 8.46. The molecule has 6 heteroatoms. The standard InChI is InChI=1S/C8H13FO4S/c9-5-14(12,13)7-3-1-2-6(4-7)8(10)11/h6-7H,1-5H2,(H,10,11). The fourth-order valence-electron chi connectivity index (χ4n) is 1.78. The topological polar surface area (TPSA) is 71.4 Å². The molecule has 0 aromatic heterocycles. The fraction of sp³-hybridized carbons (Fsp3) is 0.875. The molecule has 4 nitrogen and oxygen atoms in total. The molecular formula is C8H13FO4S. The van der Waals surface area contributed by atoms with Crippen LogP contribution in [0.25, 0.3) is 0 Å². The maximum absolute atomic E-state index is 12.1. The summed E-state index contributed by atoms with van der Waals surface area (Å²) in [6.45, 7) is 0. The Morgan fingerprint density at radius 1 is 1.43 bits per heavy atom. The van der Waals surface area contributed by atoms with Crippen molar-refractivity contribution in [3.8, 4) is 0 Å². The number of carboxylic acid groups (broad SMARTS) is 1. The third kappa shape index (κ3) is 2.43. The number of aliphatic carboxylic acids is 1. The van der Waals surface area contributed by atoms with E-state index in [0.29, 0.717) is 19.3 Å². The summed E-state index contributed by atoms with van der Waals surface area (Å²) in [7, 11) is -3.72. The van der Waals surface area contributed by atoms with Crippen LogP contribution in [0.2, 0.25) is 0 Å². The van der Waals surface area contributed by atoms with Gasteiger partial charge in [0, 0.05) is 0 Å². The minimum Gasteiger partial charge on any atom is -0.481 e. The van der Waals surface area contributed by atoms with Gasteiger partial charge in [0.15, 0.2) is 15.8 Å². The van der Waals surface area contributed by atoms with E-state index < -0.39 is 33.0 Å². The molecule has 0 saturated heterocycles. The number of sulfone groups is 1. The Hall–Kier alpha value is -0.650. The molecule has 0 heterocycles. The highest BCUT2D eigenvalue weighted by atomic mass is 32.2. The number of alkyl halides is 1. The maximum Gasteiger partial charge on any atom is 0.306 e. The highest BCUT2D eigenvalue weighted by molar-refractivity contribution is 7.91. The van der Waals surface area contributed by atoms with Crippen LogP contribution in [0.15, 0.2) is 0 Å². The fourth-order valence-corrected chi connectivity index (χ4v) is 3.01. The zero-order valence-electron chi connectivity index (χ0n) is 7.65. The molecule has 82 valence electrons. The summed E-state index contributed by atoms with van der Waals surface area (Å²) in [6, 6.07) is -1.38. The lowest BCUT2D eigenvalue weighted by Gasteiger charge is -2.25. The molecular weight excluding hydrogens is 211 g/mol. The maximum atomic E-state index is 12.1. The molecule has 1 fully saturated rings. The molecule has 1 aliphatic carbocycles. The van der Waals surface area contributed by atoms with Gasteiger partial charge in [0.25, 0.3) is 0 Å². The number of carbonyl (C=O) groups is 1. The van der Waals surface area contributed by atoms with Gasteiger partial charge in [-0.2, -0.15) is 0 Å². The van der Waals surface area contributed by atoms with E-state index in [1.807, 2.05) is 0 Å². The van der Waals surface area contributed by atoms with Gasteiger partial charge in [0.2, 0.25) is 0 Å². The lowest BCUT2D eigenvalue weighted by Crippen LogP contribution is -2.32. The van der Waals surface area contributed by atoms with Crippen LogP contribution in [0.1, 0.15) is 25.7 Å². The van der Waals surface area contributed by atoms with E-state index in [1.54, 1.807) is 0 Å². The Bertz CT molecular complexity index is 311. The molecule has 0 radical (unpaired) electrons. The van der Waals surface area contributed by atoms with E-state index in [2.05, 4.69) is 0 Å². The van der Waals surface area contributed by atoms with E-state index in [0.717, 1.165) is 0 Å². The molecule has 1 rings (SSSR count). The van der Waals surface area contributed by atoms with Gasteiger partial charge in [-0.05, 0) is 19.3 Å². The summed E-state index contributed by atoms with van der Waals surface area (Å²) in [5.74, 6) is -1.61. The summed E-state index contributed by atoms with van der Waals surface area (Å²) in [5.41, 5.74) is 0. The largest absolute Gasteiger partial charge is 0.481 e. The normalized spacial score (nSPS) is 28.6. The van der Waals surface area contributed by atoms with Crippen LogP contribution in [-0.4, -0.2) is 30.8 Å². The van der Waals surface area contributed by atoms with Crippen LogP contribution in [0, 0.1) is 5.92 Å². The Labute approximate surface area is 82.0 Å². The van der Waals surface area contributed by atoms with E-state index in [1.165, 1.54) is 0 Å². The quantitative estimate of drug-likeness (QED) is 0.775. The second kappa shape index (κ2) is 4.25. The predicted molar refractivity (Wildman–Crippen MR) is 48.3 cm³/mol. The van der Waals surface area contributed by atoms with Crippen molar-refractivity contribution < 1.29 is 22.7 Å². The highest BCUT2D eigenvalue weighted by Crippen LogP contribution is 2.29. The van der Waals surface area contributed by atoms with Crippen LogP contribution >= 0.6 is 0 Å². The lowest BCUT2D eigenvalue weighted by molar-refractivity contribution is -0.142. The van der Waals surface area contributed by atoms with Crippen LogP contribution in [0.3, 0.4) is 0 Å². The van der Waals surface area contributed by atoms with Crippen molar-refractivity contribution in [3.05, 3.63) is 0 Å². The van der Waals surface area contributed by atoms with Gasteiger partial charge in [0.1, 0.15) is 0 Å². The van der Waals surface area contributed by atoms with Crippen molar-refractivity contribution >= 4 is 15.8 Å². The second-order valence-corrected chi connectivity index (χ2v) is 5.81. The summed E-state index contributed by atoms with van der Waals surface area (Å²) >= 11 is 0. The van der Waals surface area contributed by atoms with Crippen molar-refractivity contribution in [1.29, 1.82) is 0 Å². The molecule has 0 spiro atoms. The molecule has 2 unspecified atom stereocenters. The summed E-state index contributed by atoms with van der Waals surface area (Å²) < 4.78 is 34.5. The summed E-state index contributed by atoms with van der Waals surface area (Å²) in [6.07, 6.45) is 1.48. The second-order valence-electron chi connectivity index (χ2n) is 3.60. The highest BCUT2D eigenvalue weighted by Gasteiger charge is 2.34. The minimum atomic E-state index is -3.72. The Kier molecular flexibility index (Phi) is 3.47. The van der Waals surface area contributed by atoms with Gasteiger partial charge in [-0.3, -0.25) is 4.79 Å². The first-order chi connectivity index (χ1) is 6.47. The molecule has 0 bridgehead atoms. The molecule has 1 aliphatic rings. The molecule has 14 heavy (non-hydrogen) atoms. The number of hydrogen-bond donors (Lipinski definition) is 1. The van der Waals surface area contributed by atoms with Crippen molar-refractivity contribution in [2.75, 3.05) is 6.01 Å². The van der Waals surface area contributed by atoms with E-state index in [-0.39, 0.29) is 6.42 Å². The van der Waals surface area contributed by atoms with Gasteiger partial charge < -0.3 is 5.11 Å². The molecule has 0 aromatic carbocycles. The molecule has 1 N–H and O–H groups in total. The van der Waals surface area contributed by atoms with Crippen molar-refractivity contribution in [2.24, 2.45) is 5.92 Å². The lowest BCUT2D eigenvalue weighted by atomic mass is 9.89. The van der Waals surface area contributed by atoms with E-state index >= 15 is 0 Å². The Balaban J connectivity index is 2.70. The van der Waals surface area contributed by atoms with Crippen LogP contribution in [0.4, 0.5) is 4.39 Å². The number of carboxylic acids is 1. The molecule has 2 atom stereocenters. The number of halogens is 1. The SMILES string of the molecule is O=C(O)C1CCCC(S(=O)(=O)CF)C1. The third-order valence-corrected chi connectivity index (χ3v) is 4.38. The molecule has 1 saturated carbocycles. The summed E-state index contributed by atoms with van der Waals surface area (Å²) in [4.78, 5) is 10.6. The van der Waals surface area contributed by atoms with Gasteiger partial charge in [-0.25, -0.2) is 12.8 Å². The van der Waals surface area contributed by atoms with E-state index in [9.17, 15) is 17.6 Å². The smallest absolute Gasteiger partial charge is 0.306 e. The third-order valence-electron chi connectivity index (χ3n) is 2.64. The van der Waals surface area contributed by atoms with Crippen molar-refractivity contribution in [3.63, 3.8) is 0 Å². The summed E-state index contributed by atoms with van der Waals surface area (Å²) in [5, 5.41) is 7.90. The average Bonchev–Trinajstić information content (AvgIpc) is 2.18. The first kappa shape index (κ1) is 11.4. The van der Waals surface area contributed by atoms with E-state index in [4.69, 9.17) is 5.11 Å². The Morgan fingerprint density at radius 2 is 2.07 bits per heavy atom. The van der Waals surface area contributed by atoms with Gasteiger partial charge >= 0.3 is 5.97 Å².